The molecule has 4 aromatic rings. The summed E-state index contributed by atoms with van der Waals surface area (Å²) < 4.78 is 14.9. The molecule has 29 heavy (non-hydrogen) atoms. The summed E-state index contributed by atoms with van der Waals surface area (Å²) in [5.41, 5.74) is 4.49. The van der Waals surface area contributed by atoms with Crippen molar-refractivity contribution in [1.82, 2.24) is 24.7 Å². The second-order valence-corrected chi connectivity index (χ2v) is 6.76. The van der Waals surface area contributed by atoms with Crippen LogP contribution in [0.3, 0.4) is 0 Å². The topological polar surface area (TPSA) is 97.0 Å². The van der Waals surface area contributed by atoms with Crippen LogP contribution in [0.4, 0.5) is 15.9 Å². The number of hydrogen-bond acceptors (Lipinski definition) is 6. The minimum Gasteiger partial charge on any atom is -0.480 e. The van der Waals surface area contributed by atoms with Gasteiger partial charge in [-0.05, 0) is 42.3 Å². The van der Waals surface area contributed by atoms with Crippen LogP contribution in [0.1, 0.15) is 5.56 Å². The Labute approximate surface area is 164 Å². The number of pyridine rings is 1. The van der Waals surface area contributed by atoms with Crippen molar-refractivity contribution < 1.29 is 14.3 Å². The van der Waals surface area contributed by atoms with Gasteiger partial charge in [-0.1, -0.05) is 0 Å². The largest absolute Gasteiger partial charge is 0.480 e. The van der Waals surface area contributed by atoms with Crippen LogP contribution in [-0.2, 0) is 17.8 Å². The summed E-state index contributed by atoms with van der Waals surface area (Å²) in [6.45, 7) is 0.455. The Bertz CT molecular complexity index is 1250. The highest BCUT2D eigenvalue weighted by molar-refractivity contribution is 5.90. The van der Waals surface area contributed by atoms with E-state index in [4.69, 9.17) is 10.1 Å². The molecule has 5 rings (SSSR count). The lowest BCUT2D eigenvalue weighted by atomic mass is 10.1. The van der Waals surface area contributed by atoms with Gasteiger partial charge >= 0.3 is 5.97 Å². The maximum atomic E-state index is 13.6. The maximum absolute atomic E-state index is 13.6. The summed E-state index contributed by atoms with van der Waals surface area (Å²) in [6.07, 6.45) is 5.43. The fraction of sp³-hybridized carbons (Fsp3) is 0.150. The highest BCUT2D eigenvalue weighted by Gasteiger charge is 2.24. The number of carboxylic acid groups (broad SMARTS) is 1. The molecule has 0 fully saturated rings. The molecule has 3 aromatic heterocycles. The third-order valence-electron chi connectivity index (χ3n) is 4.88. The highest BCUT2D eigenvalue weighted by Crippen LogP contribution is 2.36. The lowest BCUT2D eigenvalue weighted by molar-refractivity contribution is -0.137. The summed E-state index contributed by atoms with van der Waals surface area (Å²) in [6, 6.07) is 8.41. The van der Waals surface area contributed by atoms with E-state index in [1.165, 1.54) is 17.1 Å². The Morgan fingerprint density at radius 1 is 1.21 bits per heavy atom. The Morgan fingerprint density at radius 3 is 2.97 bits per heavy atom. The number of carboxylic acids is 1. The van der Waals surface area contributed by atoms with Crippen LogP contribution in [-0.4, -0.2) is 42.4 Å². The summed E-state index contributed by atoms with van der Waals surface area (Å²) >= 11 is 0. The SMILES string of the molecule is O=C(O)Cn1cc(-c2ccc3ncnc(N4CCc5cc(F)ccc54)c3n2)cn1. The van der Waals surface area contributed by atoms with Crippen molar-refractivity contribution in [2.75, 3.05) is 11.4 Å². The second-order valence-electron chi connectivity index (χ2n) is 6.76. The number of benzene rings is 1. The number of anilines is 2. The van der Waals surface area contributed by atoms with Crippen molar-refractivity contribution in [3.63, 3.8) is 0 Å². The van der Waals surface area contributed by atoms with Crippen LogP contribution in [0.5, 0.6) is 0 Å². The summed E-state index contributed by atoms with van der Waals surface area (Å²) in [5.74, 6) is -0.567. The van der Waals surface area contributed by atoms with Crippen molar-refractivity contribution in [2.24, 2.45) is 0 Å². The molecule has 0 saturated heterocycles. The molecule has 0 saturated carbocycles. The number of aromatic nitrogens is 5. The Balaban J connectivity index is 1.59. The molecule has 1 aliphatic heterocycles. The number of halogens is 1. The first-order valence-corrected chi connectivity index (χ1v) is 9.01. The molecule has 0 aliphatic carbocycles. The van der Waals surface area contributed by atoms with E-state index < -0.39 is 5.97 Å². The molecule has 4 heterocycles. The van der Waals surface area contributed by atoms with Gasteiger partial charge in [-0.3, -0.25) is 9.48 Å². The van der Waals surface area contributed by atoms with E-state index in [9.17, 15) is 9.18 Å². The third-order valence-corrected chi connectivity index (χ3v) is 4.88. The predicted molar refractivity (Wildman–Crippen MR) is 103 cm³/mol. The van der Waals surface area contributed by atoms with E-state index in [0.717, 1.165) is 17.7 Å². The summed E-state index contributed by atoms with van der Waals surface area (Å²) in [4.78, 5) is 26.4. The van der Waals surface area contributed by atoms with Gasteiger partial charge in [0.2, 0.25) is 0 Å². The standard InChI is InChI=1S/C20H15FN6O2/c21-14-1-4-17-12(7-14)5-6-27(17)20-19-16(22-11-23-20)3-2-15(25-19)13-8-24-26(9-13)10-18(28)29/h1-4,7-9,11H,5-6,10H2,(H,28,29). The van der Waals surface area contributed by atoms with Gasteiger partial charge in [0.1, 0.15) is 24.2 Å². The minimum atomic E-state index is -0.967. The maximum Gasteiger partial charge on any atom is 0.325 e. The van der Waals surface area contributed by atoms with Crippen molar-refractivity contribution in [1.29, 1.82) is 0 Å². The molecular weight excluding hydrogens is 375 g/mol. The van der Waals surface area contributed by atoms with Gasteiger partial charge in [-0.25, -0.2) is 19.3 Å². The van der Waals surface area contributed by atoms with Crippen molar-refractivity contribution in [3.05, 3.63) is 60.4 Å². The zero-order chi connectivity index (χ0) is 20.0. The Hall–Kier alpha value is -3.88. The minimum absolute atomic E-state index is 0.219. The average molecular weight is 390 g/mol. The van der Waals surface area contributed by atoms with Crippen LogP contribution < -0.4 is 4.90 Å². The van der Waals surface area contributed by atoms with Gasteiger partial charge in [0.25, 0.3) is 0 Å². The molecule has 0 radical (unpaired) electrons. The molecular formula is C20H15FN6O2. The number of hydrogen-bond donors (Lipinski definition) is 1. The molecule has 0 amide bonds. The highest BCUT2D eigenvalue weighted by atomic mass is 19.1. The Kier molecular flexibility index (Phi) is 3.94. The molecule has 1 aliphatic rings. The van der Waals surface area contributed by atoms with Crippen molar-refractivity contribution in [2.45, 2.75) is 13.0 Å². The molecule has 144 valence electrons. The van der Waals surface area contributed by atoms with E-state index >= 15 is 0 Å². The number of aliphatic carboxylic acids is 1. The smallest absolute Gasteiger partial charge is 0.325 e. The van der Waals surface area contributed by atoms with E-state index in [1.807, 2.05) is 17.0 Å². The van der Waals surface area contributed by atoms with E-state index in [2.05, 4.69) is 15.1 Å². The van der Waals surface area contributed by atoms with Gasteiger partial charge in [0, 0.05) is 24.0 Å². The lowest BCUT2D eigenvalue weighted by Gasteiger charge is -2.19. The zero-order valence-corrected chi connectivity index (χ0v) is 15.2. The molecule has 8 nitrogen and oxygen atoms in total. The third kappa shape index (κ3) is 3.06. The molecule has 0 atom stereocenters. The number of rotatable bonds is 4. The number of fused-ring (bicyclic) bond motifs is 2. The molecule has 1 N–H and O–H groups in total. The quantitative estimate of drug-likeness (QED) is 0.572. The van der Waals surface area contributed by atoms with Crippen molar-refractivity contribution in [3.8, 4) is 11.3 Å². The van der Waals surface area contributed by atoms with E-state index in [1.54, 1.807) is 24.5 Å². The normalized spacial score (nSPS) is 13.1. The average Bonchev–Trinajstić information content (AvgIpc) is 3.33. The zero-order valence-electron chi connectivity index (χ0n) is 15.2. The van der Waals surface area contributed by atoms with Gasteiger partial charge in [0.15, 0.2) is 5.82 Å². The second kappa shape index (κ2) is 6.62. The van der Waals surface area contributed by atoms with Crippen LogP contribution in [0, 0.1) is 5.82 Å². The Morgan fingerprint density at radius 2 is 2.10 bits per heavy atom. The first kappa shape index (κ1) is 17.2. The van der Waals surface area contributed by atoms with Gasteiger partial charge < -0.3 is 10.0 Å². The fourth-order valence-corrected chi connectivity index (χ4v) is 3.60. The van der Waals surface area contributed by atoms with Crippen LogP contribution >= 0.6 is 0 Å². The van der Waals surface area contributed by atoms with Crippen LogP contribution in [0.2, 0.25) is 0 Å². The van der Waals surface area contributed by atoms with E-state index in [0.29, 0.717) is 34.7 Å². The molecule has 0 unspecified atom stereocenters. The van der Waals surface area contributed by atoms with Gasteiger partial charge in [-0.2, -0.15) is 5.10 Å². The fourth-order valence-electron chi connectivity index (χ4n) is 3.60. The molecule has 0 spiro atoms. The summed E-state index contributed by atoms with van der Waals surface area (Å²) in [5, 5.41) is 13.0. The first-order valence-electron chi connectivity index (χ1n) is 9.01. The summed E-state index contributed by atoms with van der Waals surface area (Å²) in [7, 11) is 0. The van der Waals surface area contributed by atoms with Crippen LogP contribution in [0.15, 0.2) is 49.1 Å². The molecule has 0 bridgehead atoms. The van der Waals surface area contributed by atoms with Gasteiger partial charge in [0.05, 0.1) is 17.4 Å². The number of carbonyl (C=O) groups is 1. The molecule has 1 aromatic carbocycles. The first-order chi connectivity index (χ1) is 14.1. The molecule has 9 heteroatoms. The van der Waals surface area contributed by atoms with Crippen molar-refractivity contribution >= 4 is 28.5 Å². The van der Waals surface area contributed by atoms with Gasteiger partial charge in [-0.15, -0.1) is 0 Å². The van der Waals surface area contributed by atoms with Crippen LogP contribution in [0.25, 0.3) is 22.3 Å². The van der Waals surface area contributed by atoms with E-state index in [-0.39, 0.29) is 12.4 Å². The number of nitrogens with zero attached hydrogens (tertiary/aromatic N) is 6. The predicted octanol–water partition coefficient (Wildman–Crippen LogP) is 2.81. The lowest BCUT2D eigenvalue weighted by Crippen LogP contribution is -2.16. The monoisotopic (exact) mass is 390 g/mol.